The number of halogens is 1. The summed E-state index contributed by atoms with van der Waals surface area (Å²) in [7, 11) is 4.01. The maximum atomic E-state index is 13.0. The van der Waals surface area contributed by atoms with E-state index in [0.29, 0.717) is 23.9 Å². The van der Waals surface area contributed by atoms with E-state index in [9.17, 15) is 4.79 Å². The molecule has 27 heavy (non-hydrogen) atoms. The number of benzene rings is 2. The molecule has 1 amide bonds. The second kappa shape index (κ2) is 9.22. The number of carbonyl (C=O) groups excluding carboxylic acids is 1. The Hall–Kier alpha value is -2.08. The molecule has 1 aliphatic rings. The molecule has 5 nitrogen and oxygen atoms in total. The maximum Gasteiger partial charge on any atom is 0.261 e. The summed E-state index contributed by atoms with van der Waals surface area (Å²) in [6, 6.07) is 17.0. The van der Waals surface area contributed by atoms with Gasteiger partial charge in [0.25, 0.3) is 5.91 Å². The molecule has 0 spiro atoms. The molecule has 3 rings (SSSR count). The Morgan fingerprint density at radius 2 is 1.89 bits per heavy atom. The van der Waals surface area contributed by atoms with E-state index in [1.54, 1.807) is 12.1 Å². The maximum absolute atomic E-state index is 13.0. The topological polar surface area (TPSA) is 42.0 Å². The lowest BCUT2D eigenvalue weighted by Crippen LogP contribution is -2.52. The Labute approximate surface area is 165 Å². The fourth-order valence-corrected chi connectivity index (χ4v) is 3.54. The minimum absolute atomic E-state index is 0.0538. The van der Waals surface area contributed by atoms with Gasteiger partial charge in [-0.05, 0) is 31.8 Å². The number of amides is 1. The van der Waals surface area contributed by atoms with Crippen LogP contribution in [0.3, 0.4) is 0 Å². The van der Waals surface area contributed by atoms with Crippen LogP contribution in [-0.4, -0.2) is 62.2 Å². The summed E-state index contributed by atoms with van der Waals surface area (Å²) in [5, 5.41) is 0.498. The molecule has 2 aromatic rings. The molecular weight excluding hydrogens is 364 g/mol. The van der Waals surface area contributed by atoms with Crippen molar-refractivity contribution in [2.75, 3.05) is 40.4 Å². The molecule has 2 aromatic carbocycles. The summed E-state index contributed by atoms with van der Waals surface area (Å²) in [4.78, 5) is 16.9. The Bertz CT molecular complexity index is 754. The van der Waals surface area contributed by atoms with Crippen molar-refractivity contribution >= 4 is 17.5 Å². The Morgan fingerprint density at radius 3 is 2.59 bits per heavy atom. The van der Waals surface area contributed by atoms with Crippen LogP contribution in [0.2, 0.25) is 5.02 Å². The lowest BCUT2D eigenvalue weighted by atomic mass is 9.97. The second-order valence-corrected chi connectivity index (χ2v) is 7.24. The zero-order chi connectivity index (χ0) is 19.2. The first kappa shape index (κ1) is 19.7. The molecule has 0 aromatic heterocycles. The largest absolute Gasteiger partial charge is 0.482 e. The standard InChI is InChI=1S/C21H25ClN2O3/c1-23(2)14-19-21(16-8-4-3-5-9-16)24(12-13-26-19)20(25)15-27-18-11-7-6-10-17(18)22/h3-11,19,21H,12-15H2,1-2H3/t19-,21-/m0/s1. The molecule has 0 saturated carbocycles. The van der Waals surface area contributed by atoms with E-state index in [1.807, 2.05) is 61.5 Å². The van der Waals surface area contributed by atoms with E-state index < -0.39 is 0 Å². The van der Waals surface area contributed by atoms with Crippen LogP contribution in [0.5, 0.6) is 5.75 Å². The van der Waals surface area contributed by atoms with Crippen LogP contribution < -0.4 is 4.74 Å². The summed E-state index contributed by atoms with van der Waals surface area (Å²) in [6.45, 7) is 1.73. The van der Waals surface area contributed by atoms with E-state index >= 15 is 0 Å². The normalized spacial score (nSPS) is 19.9. The van der Waals surface area contributed by atoms with Crippen molar-refractivity contribution in [3.63, 3.8) is 0 Å². The van der Waals surface area contributed by atoms with E-state index in [-0.39, 0.29) is 24.7 Å². The molecule has 144 valence electrons. The number of likely N-dealkylation sites (N-methyl/N-ethyl adjacent to an activating group) is 1. The van der Waals surface area contributed by atoms with Crippen LogP contribution in [0.1, 0.15) is 11.6 Å². The van der Waals surface area contributed by atoms with Gasteiger partial charge in [-0.1, -0.05) is 54.1 Å². The molecule has 0 bridgehead atoms. The minimum atomic E-state index is -0.148. The smallest absolute Gasteiger partial charge is 0.261 e. The fourth-order valence-electron chi connectivity index (χ4n) is 3.35. The van der Waals surface area contributed by atoms with Gasteiger partial charge in [0.1, 0.15) is 5.75 Å². The van der Waals surface area contributed by atoms with E-state index in [1.165, 1.54) is 0 Å². The predicted molar refractivity (Wildman–Crippen MR) is 106 cm³/mol. The average Bonchev–Trinajstić information content (AvgIpc) is 2.67. The summed E-state index contributed by atoms with van der Waals surface area (Å²) in [6.07, 6.45) is -0.0968. The summed E-state index contributed by atoms with van der Waals surface area (Å²) in [5.41, 5.74) is 1.06. The van der Waals surface area contributed by atoms with Crippen LogP contribution in [0.15, 0.2) is 54.6 Å². The number of para-hydroxylation sites is 1. The summed E-state index contributed by atoms with van der Waals surface area (Å²) in [5.74, 6) is 0.442. The van der Waals surface area contributed by atoms with Gasteiger partial charge in [0, 0.05) is 13.1 Å². The fraction of sp³-hybridized carbons (Fsp3) is 0.381. The second-order valence-electron chi connectivity index (χ2n) is 6.83. The first-order chi connectivity index (χ1) is 13.1. The third kappa shape index (κ3) is 5.01. The van der Waals surface area contributed by atoms with Gasteiger partial charge < -0.3 is 19.3 Å². The van der Waals surface area contributed by atoms with Gasteiger partial charge in [0.2, 0.25) is 0 Å². The Morgan fingerprint density at radius 1 is 1.19 bits per heavy atom. The monoisotopic (exact) mass is 388 g/mol. The number of hydrogen-bond acceptors (Lipinski definition) is 4. The molecule has 0 radical (unpaired) electrons. The lowest BCUT2D eigenvalue weighted by Gasteiger charge is -2.42. The van der Waals surface area contributed by atoms with Crippen molar-refractivity contribution in [3.8, 4) is 5.75 Å². The van der Waals surface area contributed by atoms with Crippen molar-refractivity contribution in [2.24, 2.45) is 0 Å². The molecule has 6 heteroatoms. The van der Waals surface area contributed by atoms with Gasteiger partial charge in [-0.25, -0.2) is 0 Å². The van der Waals surface area contributed by atoms with Crippen molar-refractivity contribution in [3.05, 3.63) is 65.2 Å². The predicted octanol–water partition coefficient (Wildman–Crippen LogP) is 3.25. The highest BCUT2D eigenvalue weighted by atomic mass is 35.5. The molecule has 1 fully saturated rings. The quantitative estimate of drug-likeness (QED) is 0.761. The van der Waals surface area contributed by atoms with E-state index in [4.69, 9.17) is 21.1 Å². The van der Waals surface area contributed by atoms with Crippen molar-refractivity contribution in [2.45, 2.75) is 12.1 Å². The highest BCUT2D eigenvalue weighted by Gasteiger charge is 2.36. The number of hydrogen-bond donors (Lipinski definition) is 0. The Balaban J connectivity index is 1.78. The van der Waals surface area contributed by atoms with Crippen molar-refractivity contribution < 1.29 is 14.3 Å². The molecule has 0 N–H and O–H groups in total. The van der Waals surface area contributed by atoms with Gasteiger partial charge in [0.05, 0.1) is 23.8 Å². The lowest BCUT2D eigenvalue weighted by molar-refractivity contribution is -0.150. The molecule has 2 atom stereocenters. The van der Waals surface area contributed by atoms with Gasteiger partial charge >= 0.3 is 0 Å². The molecule has 1 heterocycles. The van der Waals surface area contributed by atoms with Gasteiger partial charge in [-0.15, -0.1) is 0 Å². The van der Waals surface area contributed by atoms with Crippen LogP contribution in [0.4, 0.5) is 0 Å². The highest BCUT2D eigenvalue weighted by molar-refractivity contribution is 6.32. The third-order valence-corrected chi connectivity index (χ3v) is 4.86. The molecule has 1 aliphatic heterocycles. The number of carbonyl (C=O) groups is 1. The van der Waals surface area contributed by atoms with E-state index in [0.717, 1.165) is 12.1 Å². The van der Waals surface area contributed by atoms with Gasteiger partial charge in [-0.2, -0.15) is 0 Å². The van der Waals surface area contributed by atoms with E-state index in [2.05, 4.69) is 4.90 Å². The molecule has 0 unspecified atom stereocenters. The zero-order valence-electron chi connectivity index (χ0n) is 15.7. The highest BCUT2D eigenvalue weighted by Crippen LogP contribution is 2.30. The van der Waals surface area contributed by atoms with Crippen molar-refractivity contribution in [1.82, 2.24) is 9.80 Å². The SMILES string of the molecule is CN(C)C[C@@H]1OCCN(C(=O)COc2ccccc2Cl)[C@H]1c1ccccc1. The van der Waals surface area contributed by atoms with Crippen LogP contribution in [0.25, 0.3) is 0 Å². The third-order valence-electron chi connectivity index (χ3n) is 4.55. The number of morpholine rings is 1. The van der Waals surface area contributed by atoms with Gasteiger partial charge in [0.15, 0.2) is 6.61 Å². The van der Waals surface area contributed by atoms with Crippen LogP contribution in [0, 0.1) is 0 Å². The zero-order valence-corrected chi connectivity index (χ0v) is 16.4. The molecular formula is C21H25ClN2O3. The number of nitrogens with zero attached hydrogens (tertiary/aromatic N) is 2. The number of rotatable bonds is 6. The van der Waals surface area contributed by atoms with Crippen LogP contribution >= 0.6 is 11.6 Å². The Kier molecular flexibility index (Phi) is 6.72. The first-order valence-corrected chi connectivity index (χ1v) is 9.42. The number of ether oxygens (including phenoxy) is 2. The minimum Gasteiger partial charge on any atom is -0.482 e. The summed E-state index contributed by atoms with van der Waals surface area (Å²) < 4.78 is 11.7. The molecule has 1 saturated heterocycles. The first-order valence-electron chi connectivity index (χ1n) is 9.04. The summed E-state index contributed by atoms with van der Waals surface area (Å²) >= 11 is 6.12. The average molecular weight is 389 g/mol. The van der Waals surface area contributed by atoms with Crippen molar-refractivity contribution in [1.29, 1.82) is 0 Å². The van der Waals surface area contributed by atoms with Gasteiger partial charge in [-0.3, -0.25) is 4.79 Å². The molecule has 0 aliphatic carbocycles. The van der Waals surface area contributed by atoms with Crippen LogP contribution in [-0.2, 0) is 9.53 Å².